The summed E-state index contributed by atoms with van der Waals surface area (Å²) in [5.41, 5.74) is 1.21. The fraction of sp³-hybridized carbons (Fsp3) is 0.118. The van der Waals surface area contributed by atoms with Crippen LogP contribution in [-0.4, -0.2) is 25.1 Å². The number of ether oxygens (including phenoxy) is 2. The van der Waals surface area contributed by atoms with E-state index in [0.29, 0.717) is 16.1 Å². The number of aromatic hydroxyl groups is 1. The first-order chi connectivity index (χ1) is 10.5. The number of hydrogen-bond acceptors (Lipinski definition) is 4. The molecule has 0 fully saturated rings. The molecule has 0 aliphatic carbocycles. The minimum Gasteiger partial charge on any atom is -0.502 e. The fourth-order valence-electron chi connectivity index (χ4n) is 1.89. The molecule has 0 saturated carbocycles. The number of phenols is 1. The van der Waals surface area contributed by atoms with Crippen LogP contribution in [0, 0.1) is 0 Å². The van der Waals surface area contributed by atoms with Gasteiger partial charge in [0.1, 0.15) is 0 Å². The summed E-state index contributed by atoms with van der Waals surface area (Å²) in [7, 11) is 2.89. The number of carbonyl (C=O) groups excluding carboxylic acids is 1. The van der Waals surface area contributed by atoms with Crippen molar-refractivity contribution in [3.05, 3.63) is 58.6 Å². The molecule has 114 valence electrons. The summed E-state index contributed by atoms with van der Waals surface area (Å²) < 4.78 is 10.1. The van der Waals surface area contributed by atoms with Crippen LogP contribution in [0.25, 0.3) is 6.08 Å². The van der Waals surface area contributed by atoms with Crippen molar-refractivity contribution in [2.24, 2.45) is 0 Å². The molecule has 0 atom stereocenters. The zero-order valence-corrected chi connectivity index (χ0v) is 12.9. The van der Waals surface area contributed by atoms with Crippen LogP contribution >= 0.6 is 11.6 Å². The molecule has 0 unspecified atom stereocenters. The van der Waals surface area contributed by atoms with Gasteiger partial charge in [0.15, 0.2) is 17.3 Å². The highest BCUT2D eigenvalue weighted by atomic mass is 35.5. The number of rotatable bonds is 5. The molecule has 0 saturated heterocycles. The van der Waals surface area contributed by atoms with E-state index in [4.69, 9.17) is 21.1 Å². The van der Waals surface area contributed by atoms with Crippen molar-refractivity contribution in [1.82, 2.24) is 0 Å². The molecular formula is C17H15ClO4. The Labute approximate surface area is 133 Å². The van der Waals surface area contributed by atoms with Crippen molar-refractivity contribution >= 4 is 23.5 Å². The van der Waals surface area contributed by atoms with Crippen LogP contribution in [-0.2, 0) is 0 Å². The van der Waals surface area contributed by atoms with E-state index in [1.165, 1.54) is 20.3 Å². The van der Waals surface area contributed by atoms with E-state index in [9.17, 15) is 9.90 Å². The number of hydrogen-bond donors (Lipinski definition) is 1. The van der Waals surface area contributed by atoms with Crippen LogP contribution < -0.4 is 9.47 Å². The topological polar surface area (TPSA) is 55.8 Å². The third-order valence-corrected chi connectivity index (χ3v) is 3.31. The SMILES string of the molecule is COc1cc(/C=C/C(=O)c2ccc(Cl)cc2)cc(OC)c1O. The second-order valence-corrected chi connectivity index (χ2v) is 4.91. The molecule has 0 heterocycles. The Bertz CT molecular complexity index is 680. The third-order valence-electron chi connectivity index (χ3n) is 3.06. The Kier molecular flexibility index (Phi) is 5.07. The van der Waals surface area contributed by atoms with Gasteiger partial charge in [-0.25, -0.2) is 0 Å². The largest absolute Gasteiger partial charge is 0.502 e. The van der Waals surface area contributed by atoms with Gasteiger partial charge in [0.25, 0.3) is 0 Å². The van der Waals surface area contributed by atoms with E-state index >= 15 is 0 Å². The second-order valence-electron chi connectivity index (χ2n) is 4.48. The quantitative estimate of drug-likeness (QED) is 0.669. The van der Waals surface area contributed by atoms with Crippen LogP contribution in [0.3, 0.4) is 0 Å². The van der Waals surface area contributed by atoms with Crippen molar-refractivity contribution in [3.8, 4) is 17.2 Å². The zero-order chi connectivity index (χ0) is 16.1. The lowest BCUT2D eigenvalue weighted by atomic mass is 10.1. The van der Waals surface area contributed by atoms with E-state index in [1.807, 2.05) is 0 Å². The first-order valence-electron chi connectivity index (χ1n) is 6.48. The highest BCUT2D eigenvalue weighted by Gasteiger charge is 2.10. The number of allylic oxidation sites excluding steroid dienone is 1. The lowest BCUT2D eigenvalue weighted by Gasteiger charge is -2.09. The van der Waals surface area contributed by atoms with Crippen molar-refractivity contribution in [1.29, 1.82) is 0 Å². The maximum Gasteiger partial charge on any atom is 0.200 e. The average Bonchev–Trinajstić information content (AvgIpc) is 2.54. The summed E-state index contributed by atoms with van der Waals surface area (Å²) >= 11 is 5.79. The van der Waals surface area contributed by atoms with Crippen LogP contribution in [0.4, 0.5) is 0 Å². The minimum atomic E-state index is -0.150. The minimum absolute atomic E-state index is 0.0776. The number of ketones is 1. The third kappa shape index (κ3) is 3.59. The molecule has 0 amide bonds. The van der Waals surface area contributed by atoms with Crippen LogP contribution in [0.15, 0.2) is 42.5 Å². The maximum atomic E-state index is 12.1. The molecular weight excluding hydrogens is 304 g/mol. The van der Waals surface area contributed by atoms with Crippen molar-refractivity contribution in [2.45, 2.75) is 0 Å². The molecule has 2 aromatic rings. The standard InChI is InChI=1S/C17H15ClO4/c1-21-15-9-11(10-16(22-2)17(15)20)3-8-14(19)12-4-6-13(18)7-5-12/h3-10,20H,1-2H3/b8-3+. The zero-order valence-electron chi connectivity index (χ0n) is 12.2. The van der Waals surface area contributed by atoms with Gasteiger partial charge in [-0.1, -0.05) is 17.7 Å². The molecule has 2 rings (SSSR count). The van der Waals surface area contributed by atoms with Crippen molar-refractivity contribution in [2.75, 3.05) is 14.2 Å². The van der Waals surface area contributed by atoms with E-state index in [2.05, 4.69) is 0 Å². The van der Waals surface area contributed by atoms with Gasteiger partial charge in [-0.2, -0.15) is 0 Å². The Morgan fingerprint density at radius 3 is 2.14 bits per heavy atom. The number of methoxy groups -OCH3 is 2. The first kappa shape index (κ1) is 15.9. The summed E-state index contributed by atoms with van der Waals surface area (Å²) in [5, 5.41) is 10.4. The molecule has 0 spiro atoms. The van der Waals surface area contributed by atoms with E-state index in [0.717, 1.165) is 0 Å². The maximum absolute atomic E-state index is 12.1. The van der Waals surface area contributed by atoms with Crippen LogP contribution in [0.2, 0.25) is 5.02 Å². The van der Waals surface area contributed by atoms with Gasteiger partial charge in [-0.3, -0.25) is 4.79 Å². The summed E-state index contributed by atoms with van der Waals surface area (Å²) in [6, 6.07) is 9.87. The van der Waals surface area contributed by atoms with E-state index < -0.39 is 0 Å². The molecule has 0 bridgehead atoms. The Balaban J connectivity index is 2.26. The number of phenolic OH excluding ortho intramolecular Hbond substituents is 1. The molecule has 0 aromatic heterocycles. The average molecular weight is 319 g/mol. The molecule has 5 heteroatoms. The molecule has 0 aliphatic rings. The van der Waals surface area contributed by atoms with Crippen LogP contribution in [0.5, 0.6) is 17.2 Å². The van der Waals surface area contributed by atoms with Gasteiger partial charge in [-0.15, -0.1) is 0 Å². The normalized spacial score (nSPS) is 10.7. The van der Waals surface area contributed by atoms with Gasteiger partial charge in [0.2, 0.25) is 5.75 Å². The van der Waals surface area contributed by atoms with Gasteiger partial charge < -0.3 is 14.6 Å². The van der Waals surface area contributed by atoms with Crippen LogP contribution in [0.1, 0.15) is 15.9 Å². The van der Waals surface area contributed by atoms with Gasteiger partial charge in [-0.05, 0) is 48.0 Å². The molecule has 4 nitrogen and oxygen atoms in total. The van der Waals surface area contributed by atoms with E-state index in [-0.39, 0.29) is 23.0 Å². The highest BCUT2D eigenvalue weighted by Crippen LogP contribution is 2.37. The summed E-state index contributed by atoms with van der Waals surface area (Å²) in [6.07, 6.45) is 3.07. The predicted molar refractivity (Wildman–Crippen MR) is 86.0 cm³/mol. The predicted octanol–water partition coefficient (Wildman–Crippen LogP) is 3.96. The molecule has 1 N–H and O–H groups in total. The number of carbonyl (C=O) groups is 1. The monoisotopic (exact) mass is 318 g/mol. The summed E-state index contributed by atoms with van der Waals surface area (Å²) in [4.78, 5) is 12.1. The molecule has 2 aromatic carbocycles. The lowest BCUT2D eigenvalue weighted by molar-refractivity contribution is 0.104. The number of halogens is 1. The lowest BCUT2D eigenvalue weighted by Crippen LogP contribution is -1.94. The molecule has 22 heavy (non-hydrogen) atoms. The highest BCUT2D eigenvalue weighted by molar-refractivity contribution is 6.30. The molecule has 0 radical (unpaired) electrons. The van der Waals surface area contributed by atoms with Crippen molar-refractivity contribution in [3.63, 3.8) is 0 Å². The Hall–Kier alpha value is -2.46. The first-order valence-corrected chi connectivity index (χ1v) is 6.86. The fourth-order valence-corrected chi connectivity index (χ4v) is 2.02. The Morgan fingerprint density at radius 2 is 1.64 bits per heavy atom. The van der Waals surface area contributed by atoms with Crippen molar-refractivity contribution < 1.29 is 19.4 Å². The van der Waals surface area contributed by atoms with E-state index in [1.54, 1.807) is 42.5 Å². The second kappa shape index (κ2) is 7.00. The number of benzene rings is 2. The van der Waals surface area contributed by atoms with Gasteiger partial charge in [0, 0.05) is 10.6 Å². The van der Waals surface area contributed by atoms with Gasteiger partial charge >= 0.3 is 0 Å². The molecule has 0 aliphatic heterocycles. The smallest absolute Gasteiger partial charge is 0.200 e. The summed E-state index contributed by atoms with van der Waals surface area (Å²) in [6.45, 7) is 0. The summed E-state index contributed by atoms with van der Waals surface area (Å²) in [5.74, 6) is 0.324. The Morgan fingerprint density at radius 1 is 1.09 bits per heavy atom. The van der Waals surface area contributed by atoms with Gasteiger partial charge in [0.05, 0.1) is 14.2 Å².